The van der Waals surface area contributed by atoms with Gasteiger partial charge in [0.15, 0.2) is 6.61 Å². The van der Waals surface area contributed by atoms with Crippen LogP contribution in [0, 0.1) is 0 Å². The van der Waals surface area contributed by atoms with Gasteiger partial charge in [0.25, 0.3) is 5.91 Å². The molecule has 3 aromatic carbocycles. The molecule has 0 aliphatic heterocycles. The molecule has 0 unspecified atom stereocenters. The van der Waals surface area contributed by atoms with Gasteiger partial charge in [-0.05, 0) is 47.9 Å². The van der Waals surface area contributed by atoms with Crippen molar-refractivity contribution in [1.82, 2.24) is 10.2 Å². The molecule has 7 heteroatoms. The fourth-order valence-electron chi connectivity index (χ4n) is 3.63. The summed E-state index contributed by atoms with van der Waals surface area (Å²) in [5, 5.41) is 4.11. The molecule has 184 valence electrons. The van der Waals surface area contributed by atoms with E-state index in [1.54, 1.807) is 35.2 Å². The van der Waals surface area contributed by atoms with Gasteiger partial charge in [-0.2, -0.15) is 0 Å². The van der Waals surface area contributed by atoms with E-state index in [2.05, 4.69) is 12.2 Å². The molecular weight excluding hydrogens is 483 g/mol. The van der Waals surface area contributed by atoms with Crippen molar-refractivity contribution in [2.75, 3.05) is 13.2 Å². The lowest BCUT2D eigenvalue weighted by Crippen LogP contribution is -2.51. The van der Waals surface area contributed by atoms with Gasteiger partial charge >= 0.3 is 0 Å². The monoisotopic (exact) mass is 512 g/mol. The summed E-state index contributed by atoms with van der Waals surface area (Å²) in [6, 6.07) is 23.1. The van der Waals surface area contributed by atoms with Crippen molar-refractivity contribution in [3.05, 3.63) is 100 Å². The van der Waals surface area contributed by atoms with Crippen LogP contribution in [0.2, 0.25) is 10.0 Å². The minimum Gasteiger partial charge on any atom is -0.484 e. The molecule has 0 aromatic heterocycles. The molecule has 0 heterocycles. The number of rotatable bonds is 12. The highest BCUT2D eigenvalue weighted by molar-refractivity contribution is 6.31. The third-order valence-electron chi connectivity index (χ3n) is 5.58. The quantitative estimate of drug-likeness (QED) is 0.306. The van der Waals surface area contributed by atoms with Crippen molar-refractivity contribution >= 4 is 35.0 Å². The zero-order valence-corrected chi connectivity index (χ0v) is 21.3. The smallest absolute Gasteiger partial charge is 0.261 e. The number of amides is 2. The fourth-order valence-corrected chi connectivity index (χ4v) is 3.95. The summed E-state index contributed by atoms with van der Waals surface area (Å²) in [7, 11) is 0. The molecule has 0 fully saturated rings. The van der Waals surface area contributed by atoms with Crippen molar-refractivity contribution in [3.8, 4) is 5.75 Å². The first-order valence-corrected chi connectivity index (χ1v) is 12.5. The largest absolute Gasteiger partial charge is 0.484 e. The lowest BCUT2D eigenvalue weighted by molar-refractivity contribution is -0.142. The van der Waals surface area contributed by atoms with Crippen molar-refractivity contribution in [1.29, 1.82) is 0 Å². The summed E-state index contributed by atoms with van der Waals surface area (Å²) >= 11 is 12.4. The first kappa shape index (κ1) is 26.6. The first-order valence-electron chi connectivity index (χ1n) is 11.7. The summed E-state index contributed by atoms with van der Waals surface area (Å²) in [6.07, 6.45) is 2.19. The van der Waals surface area contributed by atoms with Gasteiger partial charge in [0.05, 0.1) is 0 Å². The second-order valence-electron chi connectivity index (χ2n) is 8.21. The summed E-state index contributed by atoms with van der Waals surface area (Å²) in [5.41, 5.74) is 1.71. The third-order valence-corrected chi connectivity index (χ3v) is 6.20. The van der Waals surface area contributed by atoms with Crippen LogP contribution < -0.4 is 10.1 Å². The van der Waals surface area contributed by atoms with E-state index in [0.29, 0.717) is 28.8 Å². The Bertz CT molecular complexity index is 1090. The van der Waals surface area contributed by atoms with Crippen LogP contribution in [0.1, 0.15) is 30.9 Å². The fraction of sp³-hybridized carbons (Fsp3) is 0.286. The molecule has 1 atom stereocenters. The molecule has 0 saturated heterocycles. The average molecular weight is 513 g/mol. The van der Waals surface area contributed by atoms with Crippen LogP contribution in [0.3, 0.4) is 0 Å². The van der Waals surface area contributed by atoms with Gasteiger partial charge in [0.2, 0.25) is 5.91 Å². The number of hydrogen-bond acceptors (Lipinski definition) is 3. The number of hydrogen-bond donors (Lipinski definition) is 1. The number of nitrogens with zero attached hydrogens (tertiary/aromatic N) is 1. The van der Waals surface area contributed by atoms with Crippen molar-refractivity contribution in [2.24, 2.45) is 0 Å². The van der Waals surface area contributed by atoms with Gasteiger partial charge in [0.1, 0.15) is 11.8 Å². The van der Waals surface area contributed by atoms with Crippen LogP contribution in [-0.4, -0.2) is 35.9 Å². The molecule has 35 heavy (non-hydrogen) atoms. The highest BCUT2D eigenvalue weighted by atomic mass is 35.5. The van der Waals surface area contributed by atoms with Crippen molar-refractivity contribution in [3.63, 3.8) is 0 Å². The lowest BCUT2D eigenvalue weighted by atomic mass is 10.0. The van der Waals surface area contributed by atoms with Gasteiger partial charge in [-0.1, -0.05) is 85.1 Å². The van der Waals surface area contributed by atoms with Gasteiger partial charge < -0.3 is 15.0 Å². The van der Waals surface area contributed by atoms with Gasteiger partial charge in [-0.3, -0.25) is 9.59 Å². The van der Waals surface area contributed by atoms with E-state index in [4.69, 9.17) is 27.9 Å². The maximum Gasteiger partial charge on any atom is 0.261 e. The van der Waals surface area contributed by atoms with E-state index < -0.39 is 6.04 Å². The molecule has 0 bridgehead atoms. The molecule has 3 rings (SSSR count). The van der Waals surface area contributed by atoms with Crippen molar-refractivity contribution in [2.45, 2.75) is 38.8 Å². The Labute approximate surface area is 217 Å². The van der Waals surface area contributed by atoms with E-state index in [1.807, 2.05) is 48.5 Å². The van der Waals surface area contributed by atoms with Crippen LogP contribution in [-0.2, 0) is 22.6 Å². The predicted octanol–water partition coefficient (Wildman–Crippen LogP) is 5.93. The minimum absolute atomic E-state index is 0.182. The standard InChI is InChI=1S/C28H30Cl2N2O3/c1-2-3-17-31-28(34)26(18-21-9-5-4-6-10-21)32(19-22-11-7-8-12-25(22)30)27(33)20-35-24-15-13-23(29)14-16-24/h4-16,26H,2-3,17-20H2,1H3,(H,31,34)/t26-/m0/s1. The molecule has 3 aromatic rings. The predicted molar refractivity (Wildman–Crippen MR) is 141 cm³/mol. The van der Waals surface area contributed by atoms with Crippen LogP contribution in [0.5, 0.6) is 5.75 Å². The topological polar surface area (TPSA) is 58.6 Å². The Morgan fingerprint density at radius 1 is 0.943 bits per heavy atom. The van der Waals surface area contributed by atoms with E-state index in [9.17, 15) is 9.59 Å². The van der Waals surface area contributed by atoms with E-state index >= 15 is 0 Å². The Balaban J connectivity index is 1.88. The highest BCUT2D eigenvalue weighted by Crippen LogP contribution is 2.21. The average Bonchev–Trinajstić information content (AvgIpc) is 2.87. The Morgan fingerprint density at radius 2 is 1.63 bits per heavy atom. The molecule has 0 saturated carbocycles. The number of unbranched alkanes of at least 4 members (excludes halogenated alkanes) is 1. The lowest BCUT2D eigenvalue weighted by Gasteiger charge is -2.31. The third kappa shape index (κ3) is 8.30. The number of carbonyl (C=O) groups is 2. The highest BCUT2D eigenvalue weighted by Gasteiger charge is 2.31. The zero-order chi connectivity index (χ0) is 25.0. The Kier molecular flexibility index (Phi) is 10.5. The molecule has 1 N–H and O–H groups in total. The SMILES string of the molecule is CCCCNC(=O)[C@H](Cc1ccccc1)N(Cc1ccccc1Cl)C(=O)COc1ccc(Cl)cc1. The van der Waals surface area contributed by atoms with Gasteiger partial charge in [-0.25, -0.2) is 0 Å². The summed E-state index contributed by atoms with van der Waals surface area (Å²) in [6.45, 7) is 2.58. The van der Waals surface area contributed by atoms with E-state index in [1.165, 1.54) is 0 Å². The summed E-state index contributed by atoms with van der Waals surface area (Å²) < 4.78 is 5.74. The Morgan fingerprint density at radius 3 is 2.31 bits per heavy atom. The second-order valence-corrected chi connectivity index (χ2v) is 9.05. The molecule has 0 radical (unpaired) electrons. The number of benzene rings is 3. The Hall–Kier alpha value is -3.02. The molecular formula is C28H30Cl2N2O3. The molecule has 0 aliphatic carbocycles. The van der Waals surface area contributed by atoms with Crippen LogP contribution in [0.4, 0.5) is 0 Å². The maximum atomic E-state index is 13.5. The number of halogens is 2. The number of nitrogens with one attached hydrogen (secondary N) is 1. The maximum absolute atomic E-state index is 13.5. The first-order chi connectivity index (χ1) is 17.0. The number of ether oxygens (including phenoxy) is 1. The summed E-state index contributed by atoms with van der Waals surface area (Å²) in [4.78, 5) is 28.4. The van der Waals surface area contributed by atoms with Crippen LogP contribution >= 0.6 is 23.2 Å². The summed E-state index contributed by atoms with van der Waals surface area (Å²) in [5.74, 6) is 0.00749. The normalized spacial score (nSPS) is 11.5. The molecule has 2 amide bonds. The van der Waals surface area contributed by atoms with Gasteiger partial charge in [0, 0.05) is 29.6 Å². The van der Waals surface area contributed by atoms with E-state index in [0.717, 1.165) is 24.0 Å². The zero-order valence-electron chi connectivity index (χ0n) is 19.8. The minimum atomic E-state index is -0.730. The molecule has 0 spiro atoms. The number of carbonyl (C=O) groups excluding carboxylic acids is 2. The van der Waals surface area contributed by atoms with Crippen molar-refractivity contribution < 1.29 is 14.3 Å². The molecule has 0 aliphatic rings. The van der Waals surface area contributed by atoms with Crippen LogP contribution in [0.15, 0.2) is 78.9 Å². The molecule has 5 nitrogen and oxygen atoms in total. The second kappa shape index (κ2) is 13.8. The van der Waals surface area contributed by atoms with E-state index in [-0.39, 0.29) is 25.0 Å². The van der Waals surface area contributed by atoms with Gasteiger partial charge in [-0.15, -0.1) is 0 Å². The van der Waals surface area contributed by atoms with Crippen LogP contribution in [0.25, 0.3) is 0 Å².